The molecule has 0 aromatic heterocycles. The molecule has 0 fully saturated rings. The summed E-state index contributed by atoms with van der Waals surface area (Å²) in [5.41, 5.74) is 1.18. The first kappa shape index (κ1) is 15.5. The molecular formula is C20H20O3. The topological polar surface area (TPSA) is 54.4 Å². The highest BCUT2D eigenvalue weighted by Gasteiger charge is 2.54. The Morgan fingerprint density at radius 3 is 2.65 bits per heavy atom. The van der Waals surface area contributed by atoms with Crippen molar-refractivity contribution in [3.63, 3.8) is 0 Å². The number of ketones is 2. The molecule has 0 unspecified atom stereocenters. The fourth-order valence-corrected chi connectivity index (χ4v) is 3.99. The van der Waals surface area contributed by atoms with Crippen LogP contribution >= 0.6 is 0 Å². The van der Waals surface area contributed by atoms with Gasteiger partial charge in [0.2, 0.25) is 0 Å². The van der Waals surface area contributed by atoms with Crippen molar-refractivity contribution in [3.05, 3.63) is 65.8 Å². The number of carbonyl (C=O) groups excluding carboxylic acids is 2. The van der Waals surface area contributed by atoms with E-state index < -0.39 is 11.3 Å². The van der Waals surface area contributed by atoms with Gasteiger partial charge in [0.1, 0.15) is 5.75 Å². The predicted octanol–water partition coefficient (Wildman–Crippen LogP) is 3.71. The molecule has 0 amide bonds. The summed E-state index contributed by atoms with van der Waals surface area (Å²) < 4.78 is 0. The highest BCUT2D eigenvalue weighted by atomic mass is 16.3. The molecule has 2 aliphatic rings. The number of phenols is 1. The molecule has 3 atom stereocenters. The summed E-state index contributed by atoms with van der Waals surface area (Å²) in [6.07, 6.45) is 5.68. The summed E-state index contributed by atoms with van der Waals surface area (Å²) >= 11 is 0. The standard InChI is InChI=1S/C20H20O3/c1-4-13-9-10-15-19(23)12(2)11-17(22)20(15,3)18(13)14-7-5-6-8-16(14)21/h4-9,11,15,18,21H,1,10H2,2-3H3/t15-,18+,20-/m0/s1. The molecule has 0 spiro atoms. The molecule has 0 aliphatic heterocycles. The number of Topliss-reactive ketones (excluding diaryl/α,β-unsaturated/α-hetero) is 1. The molecule has 3 rings (SSSR count). The van der Waals surface area contributed by atoms with Crippen molar-refractivity contribution in [2.45, 2.75) is 26.2 Å². The lowest BCUT2D eigenvalue weighted by Gasteiger charge is -2.47. The summed E-state index contributed by atoms with van der Waals surface area (Å²) in [6, 6.07) is 7.00. The van der Waals surface area contributed by atoms with Crippen molar-refractivity contribution in [1.29, 1.82) is 0 Å². The van der Waals surface area contributed by atoms with Gasteiger partial charge >= 0.3 is 0 Å². The van der Waals surface area contributed by atoms with E-state index >= 15 is 0 Å². The Morgan fingerprint density at radius 1 is 1.30 bits per heavy atom. The number of rotatable bonds is 2. The van der Waals surface area contributed by atoms with Gasteiger partial charge < -0.3 is 5.11 Å². The average molecular weight is 308 g/mol. The minimum Gasteiger partial charge on any atom is -0.508 e. The molecule has 0 bridgehead atoms. The second-order valence-electron chi connectivity index (χ2n) is 6.53. The molecule has 3 heteroatoms. The van der Waals surface area contributed by atoms with Crippen LogP contribution in [0.2, 0.25) is 0 Å². The summed E-state index contributed by atoms with van der Waals surface area (Å²) in [7, 11) is 0. The van der Waals surface area contributed by atoms with Gasteiger partial charge in [0.15, 0.2) is 11.6 Å². The summed E-state index contributed by atoms with van der Waals surface area (Å²) in [5.74, 6) is -0.667. The highest BCUT2D eigenvalue weighted by molar-refractivity contribution is 6.13. The minimum absolute atomic E-state index is 0.0203. The zero-order chi connectivity index (χ0) is 16.8. The Hall–Kier alpha value is -2.42. The van der Waals surface area contributed by atoms with Crippen LogP contribution in [0.25, 0.3) is 0 Å². The van der Waals surface area contributed by atoms with Crippen LogP contribution in [0.5, 0.6) is 5.75 Å². The van der Waals surface area contributed by atoms with Gasteiger partial charge in [-0.25, -0.2) is 0 Å². The third kappa shape index (κ3) is 2.11. The molecule has 1 N–H and O–H groups in total. The Kier molecular flexibility index (Phi) is 3.59. The number of carbonyl (C=O) groups is 2. The van der Waals surface area contributed by atoms with Crippen LogP contribution in [-0.4, -0.2) is 16.7 Å². The molecular weight excluding hydrogens is 288 g/mol. The number of hydrogen-bond acceptors (Lipinski definition) is 3. The zero-order valence-corrected chi connectivity index (χ0v) is 13.4. The number of allylic oxidation sites excluding steroid dienone is 5. The monoisotopic (exact) mass is 308 g/mol. The summed E-state index contributed by atoms with van der Waals surface area (Å²) in [6.45, 7) is 7.39. The maximum atomic E-state index is 12.9. The lowest BCUT2D eigenvalue weighted by Crippen LogP contribution is -2.49. The first-order valence-electron chi connectivity index (χ1n) is 7.78. The molecule has 1 aromatic rings. The van der Waals surface area contributed by atoms with Gasteiger partial charge in [-0.15, -0.1) is 0 Å². The van der Waals surface area contributed by atoms with Crippen molar-refractivity contribution in [1.82, 2.24) is 0 Å². The molecule has 0 saturated carbocycles. The van der Waals surface area contributed by atoms with Crippen LogP contribution in [0.1, 0.15) is 31.7 Å². The summed E-state index contributed by atoms with van der Waals surface area (Å²) in [4.78, 5) is 25.5. The van der Waals surface area contributed by atoms with E-state index in [-0.39, 0.29) is 23.2 Å². The number of fused-ring (bicyclic) bond motifs is 1. The Labute approximate surface area is 136 Å². The van der Waals surface area contributed by atoms with Crippen LogP contribution in [0, 0.1) is 11.3 Å². The van der Waals surface area contributed by atoms with Gasteiger partial charge in [-0.3, -0.25) is 9.59 Å². The second-order valence-corrected chi connectivity index (χ2v) is 6.53. The van der Waals surface area contributed by atoms with E-state index in [9.17, 15) is 14.7 Å². The SMILES string of the molecule is C=CC1=CC[C@H]2C(=O)C(C)=CC(=O)[C@@]2(C)[C@H]1c1ccccc1O. The smallest absolute Gasteiger partial charge is 0.163 e. The number of para-hydroxylation sites is 1. The molecule has 3 nitrogen and oxygen atoms in total. The lowest BCUT2D eigenvalue weighted by molar-refractivity contribution is -0.137. The van der Waals surface area contributed by atoms with E-state index in [4.69, 9.17) is 0 Å². The second kappa shape index (κ2) is 5.34. The average Bonchev–Trinajstić information content (AvgIpc) is 2.53. The van der Waals surface area contributed by atoms with E-state index in [1.165, 1.54) is 6.08 Å². The van der Waals surface area contributed by atoms with Crippen LogP contribution in [0.4, 0.5) is 0 Å². The van der Waals surface area contributed by atoms with Gasteiger partial charge in [0, 0.05) is 17.4 Å². The Morgan fingerprint density at radius 2 is 2.00 bits per heavy atom. The summed E-state index contributed by atoms with van der Waals surface area (Å²) in [5, 5.41) is 10.3. The normalized spacial score (nSPS) is 30.3. The number of benzene rings is 1. The Balaban J connectivity index is 2.26. The maximum Gasteiger partial charge on any atom is 0.163 e. The van der Waals surface area contributed by atoms with Crippen molar-refractivity contribution in [2.24, 2.45) is 11.3 Å². The van der Waals surface area contributed by atoms with Crippen LogP contribution < -0.4 is 0 Å². The number of hydrogen-bond donors (Lipinski definition) is 1. The van der Waals surface area contributed by atoms with E-state index in [1.807, 2.05) is 25.1 Å². The van der Waals surface area contributed by atoms with E-state index in [0.717, 1.165) is 5.57 Å². The van der Waals surface area contributed by atoms with Crippen LogP contribution in [-0.2, 0) is 9.59 Å². The quantitative estimate of drug-likeness (QED) is 0.906. The van der Waals surface area contributed by atoms with Gasteiger partial charge in [-0.05, 0) is 36.6 Å². The van der Waals surface area contributed by atoms with Gasteiger partial charge in [-0.2, -0.15) is 0 Å². The molecule has 0 saturated heterocycles. The highest BCUT2D eigenvalue weighted by Crippen LogP contribution is 2.55. The molecule has 1 aromatic carbocycles. The van der Waals surface area contributed by atoms with Crippen molar-refractivity contribution in [3.8, 4) is 5.75 Å². The lowest BCUT2D eigenvalue weighted by atomic mass is 9.53. The van der Waals surface area contributed by atoms with E-state index in [0.29, 0.717) is 17.6 Å². The minimum atomic E-state index is -0.895. The third-order valence-electron chi connectivity index (χ3n) is 5.31. The van der Waals surface area contributed by atoms with Crippen molar-refractivity contribution in [2.75, 3.05) is 0 Å². The predicted molar refractivity (Wildman–Crippen MR) is 89.1 cm³/mol. The van der Waals surface area contributed by atoms with E-state index in [2.05, 4.69) is 6.58 Å². The Bertz CT molecular complexity index is 769. The molecule has 0 heterocycles. The van der Waals surface area contributed by atoms with Gasteiger partial charge in [-0.1, -0.05) is 43.9 Å². The molecule has 0 radical (unpaired) electrons. The number of phenolic OH excluding ortho intramolecular Hbond substituents is 1. The third-order valence-corrected chi connectivity index (χ3v) is 5.31. The fraction of sp³-hybridized carbons (Fsp3) is 0.300. The van der Waals surface area contributed by atoms with Crippen LogP contribution in [0.3, 0.4) is 0 Å². The fourth-order valence-electron chi connectivity index (χ4n) is 3.99. The molecule has 23 heavy (non-hydrogen) atoms. The van der Waals surface area contributed by atoms with Crippen molar-refractivity contribution >= 4 is 11.6 Å². The van der Waals surface area contributed by atoms with Gasteiger partial charge in [0.05, 0.1) is 5.41 Å². The van der Waals surface area contributed by atoms with E-state index in [1.54, 1.807) is 25.1 Å². The van der Waals surface area contributed by atoms with Crippen molar-refractivity contribution < 1.29 is 14.7 Å². The van der Waals surface area contributed by atoms with Gasteiger partial charge in [0.25, 0.3) is 0 Å². The maximum absolute atomic E-state index is 12.9. The zero-order valence-electron chi connectivity index (χ0n) is 13.4. The molecule has 118 valence electrons. The first-order chi connectivity index (χ1) is 10.9. The number of aromatic hydroxyl groups is 1. The first-order valence-corrected chi connectivity index (χ1v) is 7.78. The molecule has 2 aliphatic carbocycles. The van der Waals surface area contributed by atoms with Crippen LogP contribution in [0.15, 0.2) is 60.2 Å². The largest absolute Gasteiger partial charge is 0.508 e.